The summed E-state index contributed by atoms with van der Waals surface area (Å²) in [5.41, 5.74) is 1.03. The van der Waals surface area contributed by atoms with Crippen molar-refractivity contribution in [2.45, 2.75) is 64.5 Å². The van der Waals surface area contributed by atoms with Gasteiger partial charge in [-0.25, -0.2) is 0 Å². The van der Waals surface area contributed by atoms with Crippen molar-refractivity contribution in [3.63, 3.8) is 0 Å². The lowest BCUT2D eigenvalue weighted by molar-refractivity contribution is 0.110. The molecule has 0 aliphatic heterocycles. The van der Waals surface area contributed by atoms with Crippen LogP contribution < -0.4 is 0 Å². The first-order valence-corrected chi connectivity index (χ1v) is 6.92. The summed E-state index contributed by atoms with van der Waals surface area (Å²) in [5.74, 6) is 0.503. The molecule has 0 radical (unpaired) electrons. The molecule has 1 N–H and O–H groups in total. The molecule has 0 spiro atoms. The Bertz CT molecular complexity index is 342. The fraction of sp³-hybridized carbons (Fsp3) is 0.786. The van der Waals surface area contributed by atoms with Gasteiger partial charge in [-0.3, -0.25) is 4.68 Å². The lowest BCUT2D eigenvalue weighted by Crippen LogP contribution is -2.20. The summed E-state index contributed by atoms with van der Waals surface area (Å²) in [6.45, 7) is 4.34. The van der Waals surface area contributed by atoms with Crippen LogP contribution in [-0.4, -0.2) is 21.0 Å². The molecule has 2 atom stereocenters. The normalized spacial score (nSPS) is 20.6. The van der Waals surface area contributed by atoms with E-state index in [1.54, 1.807) is 0 Å². The molecular weight excluding hydrogens is 212 g/mol. The highest BCUT2D eigenvalue weighted by molar-refractivity contribution is 5.02. The average molecular weight is 236 g/mol. The molecule has 1 heterocycles. The predicted octanol–water partition coefficient (Wildman–Crippen LogP) is 2.95. The van der Waals surface area contributed by atoms with E-state index in [-0.39, 0.29) is 6.10 Å². The highest BCUT2D eigenvalue weighted by Gasteiger charge is 2.23. The van der Waals surface area contributed by atoms with Crippen LogP contribution in [0.3, 0.4) is 0 Å². The Hall–Kier alpha value is -0.830. The number of hydrogen-bond donors (Lipinski definition) is 1. The third kappa shape index (κ3) is 3.09. The third-order valence-corrected chi connectivity index (χ3v) is 4.07. The minimum absolute atomic E-state index is 0.196. The molecule has 3 nitrogen and oxygen atoms in total. The summed E-state index contributed by atoms with van der Waals surface area (Å²) in [5, 5.41) is 14.7. The van der Waals surface area contributed by atoms with Crippen molar-refractivity contribution in [3.8, 4) is 0 Å². The Morgan fingerprint density at radius 1 is 1.47 bits per heavy atom. The molecule has 0 amide bonds. The topological polar surface area (TPSA) is 38.0 Å². The van der Waals surface area contributed by atoms with E-state index in [9.17, 15) is 5.11 Å². The molecule has 2 rings (SSSR count). The van der Waals surface area contributed by atoms with Gasteiger partial charge in [-0.2, -0.15) is 5.10 Å². The van der Waals surface area contributed by atoms with Crippen molar-refractivity contribution in [2.75, 3.05) is 0 Å². The first kappa shape index (κ1) is 12.6. The SMILES string of the molecule is CCC(C)n1ccc(CC(O)C2CCCC2)n1. The lowest BCUT2D eigenvalue weighted by Gasteiger charge is -2.16. The molecule has 1 aliphatic rings. The average Bonchev–Trinajstić information content (AvgIpc) is 2.98. The van der Waals surface area contributed by atoms with E-state index in [0.29, 0.717) is 18.4 Å². The number of hydrogen-bond acceptors (Lipinski definition) is 2. The number of aromatic nitrogens is 2. The van der Waals surface area contributed by atoms with Crippen LogP contribution in [0.1, 0.15) is 57.7 Å². The number of rotatable bonds is 5. The molecule has 1 fully saturated rings. The summed E-state index contributed by atoms with van der Waals surface area (Å²) in [6.07, 6.45) is 8.58. The molecule has 96 valence electrons. The van der Waals surface area contributed by atoms with Gasteiger partial charge in [0.25, 0.3) is 0 Å². The van der Waals surface area contributed by atoms with Crippen LogP contribution in [0.5, 0.6) is 0 Å². The van der Waals surface area contributed by atoms with Crippen LogP contribution in [0.2, 0.25) is 0 Å². The molecule has 1 aromatic rings. The van der Waals surface area contributed by atoms with E-state index in [0.717, 1.165) is 12.1 Å². The standard InChI is InChI=1S/C14H24N2O/c1-3-11(2)16-9-8-13(15-16)10-14(17)12-6-4-5-7-12/h8-9,11-12,14,17H,3-7,10H2,1-2H3. The van der Waals surface area contributed by atoms with Crippen LogP contribution in [0, 0.1) is 5.92 Å². The molecule has 0 saturated heterocycles. The molecule has 17 heavy (non-hydrogen) atoms. The maximum Gasteiger partial charge on any atom is 0.0650 e. The van der Waals surface area contributed by atoms with Gasteiger partial charge in [-0.1, -0.05) is 19.8 Å². The predicted molar refractivity (Wildman–Crippen MR) is 68.9 cm³/mol. The Morgan fingerprint density at radius 3 is 2.82 bits per heavy atom. The van der Waals surface area contributed by atoms with Crippen molar-refractivity contribution in [2.24, 2.45) is 5.92 Å². The van der Waals surface area contributed by atoms with E-state index in [2.05, 4.69) is 18.9 Å². The van der Waals surface area contributed by atoms with Crippen molar-refractivity contribution in [3.05, 3.63) is 18.0 Å². The smallest absolute Gasteiger partial charge is 0.0650 e. The third-order valence-electron chi connectivity index (χ3n) is 4.07. The molecular formula is C14H24N2O. The van der Waals surface area contributed by atoms with Gasteiger partial charge in [0, 0.05) is 18.7 Å². The summed E-state index contributed by atoms with van der Waals surface area (Å²) in [7, 11) is 0. The lowest BCUT2D eigenvalue weighted by atomic mass is 9.97. The van der Waals surface area contributed by atoms with Gasteiger partial charge >= 0.3 is 0 Å². The van der Waals surface area contributed by atoms with E-state index in [4.69, 9.17) is 0 Å². The zero-order valence-corrected chi connectivity index (χ0v) is 11.0. The molecule has 0 bridgehead atoms. The molecule has 1 saturated carbocycles. The number of aliphatic hydroxyl groups excluding tert-OH is 1. The highest BCUT2D eigenvalue weighted by atomic mass is 16.3. The van der Waals surface area contributed by atoms with Crippen molar-refractivity contribution < 1.29 is 5.11 Å². The summed E-state index contributed by atoms with van der Waals surface area (Å²) < 4.78 is 2.01. The van der Waals surface area contributed by atoms with Gasteiger partial charge in [0.1, 0.15) is 0 Å². The summed E-state index contributed by atoms with van der Waals surface area (Å²) in [6, 6.07) is 2.50. The van der Waals surface area contributed by atoms with Crippen molar-refractivity contribution in [1.82, 2.24) is 9.78 Å². The fourth-order valence-corrected chi connectivity index (χ4v) is 2.64. The van der Waals surface area contributed by atoms with Gasteiger partial charge in [0.15, 0.2) is 0 Å². The second-order valence-corrected chi connectivity index (χ2v) is 5.36. The van der Waals surface area contributed by atoms with E-state index < -0.39 is 0 Å². The first-order valence-electron chi connectivity index (χ1n) is 6.92. The van der Waals surface area contributed by atoms with Crippen LogP contribution in [0.15, 0.2) is 12.3 Å². The van der Waals surface area contributed by atoms with Gasteiger partial charge in [0.2, 0.25) is 0 Å². The second-order valence-electron chi connectivity index (χ2n) is 5.36. The summed E-state index contributed by atoms with van der Waals surface area (Å²) in [4.78, 5) is 0. The Kier molecular flexibility index (Phi) is 4.21. The maximum absolute atomic E-state index is 10.2. The van der Waals surface area contributed by atoms with E-state index in [1.165, 1.54) is 25.7 Å². The Balaban J connectivity index is 1.91. The van der Waals surface area contributed by atoms with Gasteiger partial charge in [0.05, 0.1) is 11.8 Å². The summed E-state index contributed by atoms with van der Waals surface area (Å²) >= 11 is 0. The molecule has 1 aromatic heterocycles. The Morgan fingerprint density at radius 2 is 2.18 bits per heavy atom. The van der Waals surface area contributed by atoms with Crippen LogP contribution in [0.4, 0.5) is 0 Å². The van der Waals surface area contributed by atoms with Crippen molar-refractivity contribution in [1.29, 1.82) is 0 Å². The van der Waals surface area contributed by atoms with Gasteiger partial charge in [-0.05, 0) is 38.2 Å². The van der Waals surface area contributed by atoms with Crippen LogP contribution in [-0.2, 0) is 6.42 Å². The maximum atomic E-state index is 10.2. The quantitative estimate of drug-likeness (QED) is 0.853. The zero-order valence-electron chi connectivity index (χ0n) is 11.0. The molecule has 2 unspecified atom stereocenters. The molecule has 3 heteroatoms. The molecule has 1 aliphatic carbocycles. The minimum atomic E-state index is -0.196. The largest absolute Gasteiger partial charge is 0.392 e. The van der Waals surface area contributed by atoms with Gasteiger partial charge in [-0.15, -0.1) is 0 Å². The zero-order chi connectivity index (χ0) is 12.3. The first-order chi connectivity index (χ1) is 8.20. The van der Waals surface area contributed by atoms with E-state index >= 15 is 0 Å². The van der Waals surface area contributed by atoms with Crippen LogP contribution in [0.25, 0.3) is 0 Å². The Labute approximate surface area is 104 Å². The van der Waals surface area contributed by atoms with Crippen molar-refractivity contribution >= 4 is 0 Å². The fourth-order valence-electron chi connectivity index (χ4n) is 2.64. The van der Waals surface area contributed by atoms with Crippen LogP contribution >= 0.6 is 0 Å². The monoisotopic (exact) mass is 236 g/mol. The number of aliphatic hydroxyl groups is 1. The molecule has 0 aromatic carbocycles. The minimum Gasteiger partial charge on any atom is -0.392 e. The highest BCUT2D eigenvalue weighted by Crippen LogP contribution is 2.29. The number of nitrogens with zero attached hydrogens (tertiary/aromatic N) is 2. The van der Waals surface area contributed by atoms with Gasteiger partial charge < -0.3 is 5.11 Å². The van der Waals surface area contributed by atoms with E-state index in [1.807, 2.05) is 16.9 Å². The second kappa shape index (κ2) is 5.67.